The van der Waals surface area contributed by atoms with Gasteiger partial charge in [0.05, 0.1) is 13.2 Å². The Kier molecular flexibility index (Phi) is 14.2. The summed E-state index contributed by atoms with van der Waals surface area (Å²) in [5, 5.41) is 18.7. The van der Waals surface area contributed by atoms with Crippen molar-refractivity contribution in [1.29, 1.82) is 0 Å². The average Bonchev–Trinajstić information content (AvgIpc) is 2.02. The molecule has 0 amide bonds. The van der Waals surface area contributed by atoms with Crippen LogP contribution in [-0.2, 0) is 4.79 Å². The first-order chi connectivity index (χ1) is 5.18. The number of likely N-dealkylation sites (N-methyl/N-ethyl adjacent to an activating group) is 1. The van der Waals surface area contributed by atoms with Crippen LogP contribution in [0.25, 0.3) is 0 Å². The lowest BCUT2D eigenvalue weighted by atomic mass is 10.6. The highest BCUT2D eigenvalue weighted by molar-refractivity contribution is 5.68. The molecule has 0 aliphatic heterocycles. The minimum absolute atomic E-state index is 0.244. The van der Waals surface area contributed by atoms with E-state index >= 15 is 0 Å². The van der Waals surface area contributed by atoms with Crippen LogP contribution in [0.2, 0.25) is 0 Å². The highest BCUT2D eigenvalue weighted by Gasteiger charge is 1.81. The number of aliphatic carboxylic acids is 1. The van der Waals surface area contributed by atoms with Crippen LogP contribution in [0.15, 0.2) is 0 Å². The zero-order chi connectivity index (χ0) is 9.11. The van der Waals surface area contributed by atoms with Crippen LogP contribution < -0.4 is 11.1 Å². The SMILES string of the molecule is CCNCCO.NCC(=O)O. The van der Waals surface area contributed by atoms with Crippen molar-refractivity contribution in [3.63, 3.8) is 0 Å². The molecule has 0 radical (unpaired) electrons. The second kappa shape index (κ2) is 12.1. The summed E-state index contributed by atoms with van der Waals surface area (Å²) in [4.78, 5) is 9.24. The van der Waals surface area contributed by atoms with E-state index in [0.29, 0.717) is 0 Å². The molecule has 68 valence electrons. The summed E-state index contributed by atoms with van der Waals surface area (Å²) >= 11 is 0. The number of carboxylic acid groups (broad SMARTS) is 1. The fourth-order valence-corrected chi connectivity index (χ4v) is 0.256. The van der Waals surface area contributed by atoms with E-state index in [1.807, 2.05) is 6.92 Å². The molecule has 0 atom stereocenters. The summed E-state index contributed by atoms with van der Waals surface area (Å²) in [6, 6.07) is 0. The molecule has 0 bridgehead atoms. The smallest absolute Gasteiger partial charge is 0.317 e. The summed E-state index contributed by atoms with van der Waals surface area (Å²) in [6.45, 7) is 3.64. The number of hydrogen-bond acceptors (Lipinski definition) is 4. The van der Waals surface area contributed by atoms with Crippen molar-refractivity contribution < 1.29 is 15.0 Å². The Hall–Kier alpha value is -0.650. The number of carbonyl (C=O) groups is 1. The van der Waals surface area contributed by atoms with Crippen LogP contribution in [0.5, 0.6) is 0 Å². The van der Waals surface area contributed by atoms with Gasteiger partial charge >= 0.3 is 5.97 Å². The van der Waals surface area contributed by atoms with Gasteiger partial charge in [-0.1, -0.05) is 6.92 Å². The monoisotopic (exact) mass is 164 g/mol. The standard InChI is InChI=1S/C4H11NO.C2H5NO2/c1-2-5-3-4-6;3-1-2(4)5/h5-6H,2-4H2,1H3;1,3H2,(H,4,5). The predicted octanol–water partition coefficient (Wildman–Crippen LogP) is -1.38. The first kappa shape index (κ1) is 13.0. The van der Waals surface area contributed by atoms with Gasteiger partial charge in [0.15, 0.2) is 0 Å². The molecule has 11 heavy (non-hydrogen) atoms. The quantitative estimate of drug-likeness (QED) is 0.384. The maximum atomic E-state index is 9.24. The Morgan fingerprint density at radius 3 is 2.18 bits per heavy atom. The topological polar surface area (TPSA) is 95.6 Å². The second-order valence-electron chi connectivity index (χ2n) is 1.68. The van der Waals surface area contributed by atoms with Crippen molar-refractivity contribution >= 4 is 5.97 Å². The lowest BCUT2D eigenvalue weighted by Crippen LogP contribution is -2.16. The minimum Gasteiger partial charge on any atom is -0.480 e. The van der Waals surface area contributed by atoms with Gasteiger partial charge < -0.3 is 21.3 Å². The number of nitrogens with one attached hydrogen (secondary N) is 1. The van der Waals surface area contributed by atoms with E-state index < -0.39 is 5.97 Å². The van der Waals surface area contributed by atoms with E-state index in [9.17, 15) is 4.79 Å². The second-order valence-corrected chi connectivity index (χ2v) is 1.68. The first-order valence-electron chi connectivity index (χ1n) is 3.42. The molecule has 0 aromatic carbocycles. The maximum Gasteiger partial charge on any atom is 0.317 e. The van der Waals surface area contributed by atoms with Crippen LogP contribution >= 0.6 is 0 Å². The summed E-state index contributed by atoms with van der Waals surface area (Å²) in [7, 11) is 0. The third-order valence-electron chi connectivity index (χ3n) is 0.713. The summed E-state index contributed by atoms with van der Waals surface area (Å²) in [5.74, 6) is -0.968. The number of rotatable bonds is 4. The molecule has 0 saturated heterocycles. The van der Waals surface area contributed by atoms with Gasteiger partial charge in [0, 0.05) is 6.54 Å². The molecule has 0 rings (SSSR count). The first-order valence-corrected chi connectivity index (χ1v) is 3.42. The molecule has 0 heterocycles. The molecule has 0 unspecified atom stereocenters. The van der Waals surface area contributed by atoms with Crippen molar-refractivity contribution in [1.82, 2.24) is 5.32 Å². The molecule has 5 N–H and O–H groups in total. The average molecular weight is 164 g/mol. The number of aliphatic hydroxyl groups excluding tert-OH is 1. The summed E-state index contributed by atoms with van der Waals surface area (Å²) < 4.78 is 0. The molecule has 0 aromatic heterocycles. The highest BCUT2D eigenvalue weighted by atomic mass is 16.4. The minimum atomic E-state index is -0.968. The van der Waals surface area contributed by atoms with Crippen LogP contribution in [0.4, 0.5) is 0 Å². The number of aliphatic hydroxyl groups is 1. The highest BCUT2D eigenvalue weighted by Crippen LogP contribution is 1.51. The number of hydrogen-bond donors (Lipinski definition) is 4. The van der Waals surface area contributed by atoms with Crippen LogP contribution in [0, 0.1) is 0 Å². The normalized spacial score (nSPS) is 8.27. The molecule has 0 aliphatic carbocycles. The molecule has 0 aromatic rings. The van der Waals surface area contributed by atoms with Gasteiger partial charge in [-0.15, -0.1) is 0 Å². The fourth-order valence-electron chi connectivity index (χ4n) is 0.256. The van der Waals surface area contributed by atoms with E-state index in [-0.39, 0.29) is 13.2 Å². The van der Waals surface area contributed by atoms with Crippen molar-refractivity contribution in [2.24, 2.45) is 5.73 Å². The maximum absolute atomic E-state index is 9.24. The molecule has 0 aliphatic rings. The third kappa shape index (κ3) is 26.7. The Morgan fingerprint density at radius 1 is 1.64 bits per heavy atom. The van der Waals surface area contributed by atoms with Gasteiger partial charge in [-0.2, -0.15) is 0 Å². The molecular formula is C6H16N2O3. The zero-order valence-electron chi connectivity index (χ0n) is 6.71. The molecule has 0 spiro atoms. The van der Waals surface area contributed by atoms with Gasteiger partial charge in [0.25, 0.3) is 0 Å². The predicted molar refractivity (Wildman–Crippen MR) is 42.3 cm³/mol. The summed E-state index contributed by atoms with van der Waals surface area (Å²) in [5.41, 5.74) is 4.57. The molecule has 5 nitrogen and oxygen atoms in total. The van der Waals surface area contributed by atoms with Gasteiger partial charge in [0.1, 0.15) is 0 Å². The number of nitrogens with two attached hydrogens (primary N) is 1. The van der Waals surface area contributed by atoms with Gasteiger partial charge in [0.2, 0.25) is 0 Å². The van der Waals surface area contributed by atoms with Crippen molar-refractivity contribution in [2.45, 2.75) is 6.92 Å². The van der Waals surface area contributed by atoms with E-state index in [2.05, 4.69) is 11.1 Å². The number of carboxylic acids is 1. The van der Waals surface area contributed by atoms with Crippen molar-refractivity contribution in [3.8, 4) is 0 Å². The van der Waals surface area contributed by atoms with Gasteiger partial charge in [-0.25, -0.2) is 0 Å². The molecule has 0 fully saturated rings. The van der Waals surface area contributed by atoms with Gasteiger partial charge in [-0.3, -0.25) is 4.79 Å². The van der Waals surface area contributed by atoms with E-state index in [1.54, 1.807) is 0 Å². The van der Waals surface area contributed by atoms with Crippen LogP contribution in [-0.4, -0.2) is 42.4 Å². The largest absolute Gasteiger partial charge is 0.480 e. The zero-order valence-corrected chi connectivity index (χ0v) is 6.71. The lowest BCUT2D eigenvalue weighted by Gasteiger charge is -1.91. The third-order valence-corrected chi connectivity index (χ3v) is 0.713. The Bertz CT molecular complexity index is 83.9. The lowest BCUT2D eigenvalue weighted by molar-refractivity contribution is -0.135. The van der Waals surface area contributed by atoms with Crippen LogP contribution in [0.3, 0.4) is 0 Å². The Morgan fingerprint density at radius 2 is 2.09 bits per heavy atom. The van der Waals surface area contributed by atoms with Crippen molar-refractivity contribution in [2.75, 3.05) is 26.2 Å². The Balaban J connectivity index is 0. The van der Waals surface area contributed by atoms with E-state index in [4.69, 9.17) is 10.2 Å². The van der Waals surface area contributed by atoms with Crippen LogP contribution in [0.1, 0.15) is 6.92 Å². The van der Waals surface area contributed by atoms with E-state index in [0.717, 1.165) is 13.1 Å². The van der Waals surface area contributed by atoms with E-state index in [1.165, 1.54) is 0 Å². The fraction of sp³-hybridized carbons (Fsp3) is 0.833. The molecule has 5 heteroatoms. The summed E-state index contributed by atoms with van der Waals surface area (Å²) in [6.07, 6.45) is 0. The van der Waals surface area contributed by atoms with Gasteiger partial charge in [-0.05, 0) is 6.54 Å². The molecular weight excluding hydrogens is 148 g/mol. The molecule has 0 saturated carbocycles. The Labute approximate surface area is 66.2 Å². The van der Waals surface area contributed by atoms with Crippen molar-refractivity contribution in [3.05, 3.63) is 0 Å².